The van der Waals surface area contributed by atoms with Gasteiger partial charge < -0.3 is 10.4 Å². The Morgan fingerprint density at radius 3 is 2.53 bits per heavy atom. The summed E-state index contributed by atoms with van der Waals surface area (Å²) in [6.07, 6.45) is 2.35. The Labute approximate surface area is 115 Å². The van der Waals surface area contributed by atoms with Crippen LogP contribution in [0, 0.1) is 11.8 Å². The lowest BCUT2D eigenvalue weighted by molar-refractivity contribution is -0.126. The van der Waals surface area contributed by atoms with E-state index in [1.807, 2.05) is 44.2 Å². The maximum atomic E-state index is 12.0. The van der Waals surface area contributed by atoms with E-state index >= 15 is 0 Å². The molecule has 1 aromatic carbocycles. The van der Waals surface area contributed by atoms with Gasteiger partial charge in [-0.1, -0.05) is 37.3 Å². The van der Waals surface area contributed by atoms with Gasteiger partial charge in [-0.05, 0) is 31.2 Å². The maximum absolute atomic E-state index is 12.0. The molecule has 1 aliphatic carbocycles. The van der Waals surface area contributed by atoms with Gasteiger partial charge in [0.1, 0.15) is 0 Å². The van der Waals surface area contributed by atoms with Crippen LogP contribution in [0.25, 0.3) is 0 Å². The first kappa shape index (κ1) is 14.1. The quantitative estimate of drug-likeness (QED) is 0.824. The lowest BCUT2D eigenvalue weighted by atomic mass is 10.0. The first-order valence-electron chi connectivity index (χ1n) is 7.10. The van der Waals surface area contributed by atoms with Crippen LogP contribution in [-0.4, -0.2) is 23.2 Å². The largest absolute Gasteiger partial charge is 0.391 e. The molecule has 0 heterocycles. The number of hydrogen-bond donors (Lipinski definition) is 2. The van der Waals surface area contributed by atoms with Crippen LogP contribution in [0.2, 0.25) is 0 Å². The predicted octanol–water partition coefficient (Wildman–Crippen LogP) is 2.14. The molecule has 1 saturated carbocycles. The number of rotatable bonds is 6. The van der Waals surface area contributed by atoms with Crippen molar-refractivity contribution in [1.82, 2.24) is 5.32 Å². The van der Waals surface area contributed by atoms with E-state index < -0.39 is 6.10 Å². The first-order chi connectivity index (χ1) is 9.08. The minimum atomic E-state index is -0.544. The predicted molar refractivity (Wildman–Crippen MR) is 75.6 cm³/mol. The lowest BCUT2D eigenvalue weighted by Gasteiger charge is -2.22. The molecule has 104 valence electrons. The molecule has 1 aliphatic rings. The summed E-state index contributed by atoms with van der Waals surface area (Å²) >= 11 is 0. The molecule has 0 spiro atoms. The van der Waals surface area contributed by atoms with Crippen molar-refractivity contribution in [3.05, 3.63) is 35.9 Å². The van der Waals surface area contributed by atoms with Gasteiger partial charge >= 0.3 is 0 Å². The zero-order valence-corrected chi connectivity index (χ0v) is 11.7. The van der Waals surface area contributed by atoms with Gasteiger partial charge in [-0.3, -0.25) is 4.79 Å². The van der Waals surface area contributed by atoms with Gasteiger partial charge in [0, 0.05) is 12.3 Å². The molecule has 0 bridgehead atoms. The van der Waals surface area contributed by atoms with Crippen molar-refractivity contribution in [1.29, 1.82) is 0 Å². The van der Waals surface area contributed by atoms with E-state index in [0.29, 0.717) is 12.3 Å². The van der Waals surface area contributed by atoms with Gasteiger partial charge in [-0.2, -0.15) is 0 Å². The molecule has 0 saturated heterocycles. The molecule has 1 fully saturated rings. The summed E-state index contributed by atoms with van der Waals surface area (Å²) in [4.78, 5) is 12.0. The lowest BCUT2D eigenvalue weighted by Crippen LogP contribution is -2.44. The summed E-state index contributed by atoms with van der Waals surface area (Å²) < 4.78 is 0. The Hall–Kier alpha value is -1.35. The van der Waals surface area contributed by atoms with E-state index in [4.69, 9.17) is 0 Å². The second kappa shape index (κ2) is 6.20. The van der Waals surface area contributed by atoms with E-state index in [1.165, 1.54) is 0 Å². The van der Waals surface area contributed by atoms with Crippen LogP contribution in [0.5, 0.6) is 0 Å². The normalized spacial score (nSPS) is 19.5. The van der Waals surface area contributed by atoms with E-state index in [0.717, 1.165) is 18.4 Å². The fraction of sp³-hybridized carbons (Fsp3) is 0.562. The van der Waals surface area contributed by atoms with Crippen molar-refractivity contribution < 1.29 is 9.90 Å². The van der Waals surface area contributed by atoms with E-state index in [9.17, 15) is 9.90 Å². The van der Waals surface area contributed by atoms with Crippen LogP contribution in [-0.2, 0) is 11.2 Å². The summed E-state index contributed by atoms with van der Waals surface area (Å²) in [6, 6.07) is 9.64. The smallest absolute Gasteiger partial charge is 0.223 e. The highest BCUT2D eigenvalue weighted by Gasteiger charge is 2.33. The summed E-state index contributed by atoms with van der Waals surface area (Å²) in [5.74, 6) is 0.701. The SMILES string of the molecule is CC(NC(=O)C(C)C1CC1)C(O)Cc1ccccc1. The van der Waals surface area contributed by atoms with E-state index in [1.54, 1.807) is 0 Å². The minimum absolute atomic E-state index is 0.0714. The molecule has 0 aliphatic heterocycles. The van der Waals surface area contributed by atoms with Gasteiger partial charge in [0.15, 0.2) is 0 Å². The van der Waals surface area contributed by atoms with Crippen molar-refractivity contribution in [2.24, 2.45) is 11.8 Å². The van der Waals surface area contributed by atoms with Crippen LogP contribution in [0.4, 0.5) is 0 Å². The summed E-state index contributed by atoms with van der Waals surface area (Å²) in [5, 5.41) is 13.1. The number of aliphatic hydroxyl groups excluding tert-OH is 1. The van der Waals surface area contributed by atoms with Gasteiger partial charge in [0.2, 0.25) is 5.91 Å². The van der Waals surface area contributed by atoms with Crippen molar-refractivity contribution in [2.45, 2.75) is 45.3 Å². The Kier molecular flexibility index (Phi) is 4.59. The van der Waals surface area contributed by atoms with Crippen molar-refractivity contribution in [2.75, 3.05) is 0 Å². The summed E-state index contributed by atoms with van der Waals surface area (Å²) in [6.45, 7) is 3.84. The van der Waals surface area contributed by atoms with Crippen molar-refractivity contribution in [3.8, 4) is 0 Å². The van der Waals surface area contributed by atoms with Gasteiger partial charge in [-0.15, -0.1) is 0 Å². The van der Waals surface area contributed by atoms with Crippen LogP contribution in [0.15, 0.2) is 30.3 Å². The maximum Gasteiger partial charge on any atom is 0.223 e. The Balaban J connectivity index is 1.81. The Morgan fingerprint density at radius 2 is 1.95 bits per heavy atom. The number of carbonyl (C=O) groups is 1. The average Bonchev–Trinajstić information content (AvgIpc) is 3.23. The highest BCUT2D eigenvalue weighted by atomic mass is 16.3. The second-order valence-corrected chi connectivity index (χ2v) is 5.68. The average molecular weight is 261 g/mol. The molecule has 0 aromatic heterocycles. The van der Waals surface area contributed by atoms with Crippen molar-refractivity contribution in [3.63, 3.8) is 0 Å². The molecular formula is C16H23NO2. The minimum Gasteiger partial charge on any atom is -0.391 e. The Morgan fingerprint density at radius 1 is 1.32 bits per heavy atom. The van der Waals surface area contributed by atoms with E-state index in [2.05, 4.69) is 5.32 Å². The Bertz CT molecular complexity index is 414. The van der Waals surface area contributed by atoms with Gasteiger partial charge in [0.25, 0.3) is 0 Å². The molecule has 3 unspecified atom stereocenters. The zero-order valence-electron chi connectivity index (χ0n) is 11.7. The van der Waals surface area contributed by atoms with Crippen molar-refractivity contribution >= 4 is 5.91 Å². The molecule has 19 heavy (non-hydrogen) atoms. The summed E-state index contributed by atoms with van der Waals surface area (Å²) in [5.41, 5.74) is 1.09. The van der Waals surface area contributed by atoms with Gasteiger partial charge in [-0.25, -0.2) is 0 Å². The third kappa shape index (κ3) is 4.06. The highest BCUT2D eigenvalue weighted by Crippen LogP contribution is 2.36. The molecule has 2 rings (SSSR count). The molecule has 2 N–H and O–H groups in total. The number of benzene rings is 1. The number of aliphatic hydroxyl groups is 1. The highest BCUT2D eigenvalue weighted by molar-refractivity contribution is 5.79. The molecule has 3 nitrogen and oxygen atoms in total. The number of nitrogens with one attached hydrogen (secondary N) is 1. The number of carbonyl (C=O) groups excluding carboxylic acids is 1. The molecule has 3 atom stereocenters. The van der Waals surface area contributed by atoms with E-state index in [-0.39, 0.29) is 17.9 Å². The van der Waals surface area contributed by atoms with Gasteiger partial charge in [0.05, 0.1) is 12.1 Å². The molecule has 1 amide bonds. The molecule has 1 aromatic rings. The summed E-state index contributed by atoms with van der Waals surface area (Å²) in [7, 11) is 0. The molecule has 0 radical (unpaired) electrons. The number of amides is 1. The zero-order chi connectivity index (χ0) is 13.8. The van der Waals surface area contributed by atoms with Crippen LogP contribution < -0.4 is 5.32 Å². The van der Waals surface area contributed by atoms with Crippen LogP contribution in [0.1, 0.15) is 32.3 Å². The van der Waals surface area contributed by atoms with Crippen LogP contribution in [0.3, 0.4) is 0 Å². The van der Waals surface area contributed by atoms with Crippen LogP contribution >= 0.6 is 0 Å². The first-order valence-corrected chi connectivity index (χ1v) is 7.10. The third-order valence-electron chi connectivity index (χ3n) is 3.98. The monoisotopic (exact) mass is 261 g/mol. The molecule has 3 heteroatoms. The molecular weight excluding hydrogens is 238 g/mol. The topological polar surface area (TPSA) is 49.3 Å². The fourth-order valence-corrected chi connectivity index (χ4v) is 2.29. The fourth-order valence-electron chi connectivity index (χ4n) is 2.29. The third-order valence-corrected chi connectivity index (χ3v) is 3.98. The second-order valence-electron chi connectivity index (χ2n) is 5.68. The standard InChI is InChI=1S/C16H23NO2/c1-11(14-8-9-14)16(19)17-12(2)15(18)10-13-6-4-3-5-7-13/h3-7,11-12,14-15,18H,8-10H2,1-2H3,(H,17,19). The number of hydrogen-bond acceptors (Lipinski definition) is 2.